The molecule has 3 N–H and O–H groups in total. The van der Waals surface area contributed by atoms with E-state index in [9.17, 15) is 13.2 Å². The Balaban J connectivity index is 2.58. The second-order valence-electron chi connectivity index (χ2n) is 3.94. The standard InChI is InChI=1S/C13H10N2O5S/c14-10-6-8(13(16)17)7-11(15-21(18)19)12(10)20-9-4-2-1-3-5-9/h1-7H,14H2,(H,16,17). The van der Waals surface area contributed by atoms with Crippen molar-refractivity contribution < 1.29 is 23.1 Å². The van der Waals surface area contributed by atoms with E-state index in [0.717, 1.165) is 6.07 Å². The Hall–Kier alpha value is -2.87. The zero-order chi connectivity index (χ0) is 15.4. The molecule has 0 atom stereocenters. The molecule has 0 amide bonds. The second-order valence-corrected chi connectivity index (χ2v) is 4.56. The van der Waals surface area contributed by atoms with Gasteiger partial charge in [-0.15, -0.1) is 4.36 Å². The number of hydrogen-bond acceptors (Lipinski definition) is 6. The molecule has 21 heavy (non-hydrogen) atoms. The first-order valence-corrected chi connectivity index (χ1v) is 6.71. The normalized spacial score (nSPS) is 9.90. The van der Waals surface area contributed by atoms with Gasteiger partial charge >= 0.3 is 16.5 Å². The molecule has 0 aliphatic heterocycles. The van der Waals surface area contributed by atoms with E-state index in [4.69, 9.17) is 15.6 Å². The minimum absolute atomic E-state index is 0.0181. The fourth-order valence-corrected chi connectivity index (χ4v) is 1.92. The number of hydrogen-bond donors (Lipinski definition) is 2. The number of carbonyl (C=O) groups is 1. The summed E-state index contributed by atoms with van der Waals surface area (Å²) in [4.78, 5) is 11.0. The zero-order valence-electron chi connectivity index (χ0n) is 10.6. The highest BCUT2D eigenvalue weighted by molar-refractivity contribution is 7.61. The third-order valence-corrected chi connectivity index (χ3v) is 2.83. The number of nitrogens with two attached hydrogens (primary N) is 1. The Bertz CT molecular complexity index is 808. The number of anilines is 1. The van der Waals surface area contributed by atoms with Crippen LogP contribution in [0.4, 0.5) is 11.4 Å². The maximum atomic E-state index is 11.0. The first-order chi connectivity index (χ1) is 9.97. The van der Waals surface area contributed by atoms with E-state index in [1.807, 2.05) is 0 Å². The highest BCUT2D eigenvalue weighted by Crippen LogP contribution is 2.38. The van der Waals surface area contributed by atoms with E-state index in [0.29, 0.717) is 5.75 Å². The van der Waals surface area contributed by atoms with E-state index in [-0.39, 0.29) is 22.7 Å². The Morgan fingerprint density at radius 1 is 1.19 bits per heavy atom. The van der Waals surface area contributed by atoms with Crippen molar-refractivity contribution in [1.82, 2.24) is 0 Å². The first-order valence-electron chi connectivity index (χ1n) is 5.68. The Labute approximate surface area is 121 Å². The lowest BCUT2D eigenvalue weighted by Gasteiger charge is -2.11. The molecule has 8 heteroatoms. The lowest BCUT2D eigenvalue weighted by Crippen LogP contribution is -2.00. The van der Waals surface area contributed by atoms with Gasteiger partial charge in [-0.2, -0.15) is 8.42 Å². The molecule has 0 fully saturated rings. The number of para-hydroxylation sites is 1. The second kappa shape index (κ2) is 6.06. The van der Waals surface area contributed by atoms with Crippen molar-refractivity contribution in [1.29, 1.82) is 0 Å². The molecule has 0 saturated carbocycles. The van der Waals surface area contributed by atoms with Crippen molar-refractivity contribution in [2.45, 2.75) is 0 Å². The topological polar surface area (TPSA) is 119 Å². The van der Waals surface area contributed by atoms with Crippen molar-refractivity contribution in [2.24, 2.45) is 4.36 Å². The summed E-state index contributed by atoms with van der Waals surface area (Å²) in [6.45, 7) is 0. The summed E-state index contributed by atoms with van der Waals surface area (Å²) in [7, 11) is -2.77. The minimum atomic E-state index is -2.77. The molecule has 0 unspecified atom stereocenters. The van der Waals surface area contributed by atoms with Gasteiger partial charge < -0.3 is 15.6 Å². The van der Waals surface area contributed by atoms with Crippen LogP contribution in [0.15, 0.2) is 46.8 Å². The molecule has 0 saturated heterocycles. The average Bonchev–Trinajstić information content (AvgIpc) is 2.42. The molecular formula is C13H10N2O5S. The molecule has 0 aliphatic carbocycles. The molecule has 108 valence electrons. The molecule has 2 aromatic carbocycles. The van der Waals surface area contributed by atoms with Gasteiger partial charge in [0.25, 0.3) is 0 Å². The monoisotopic (exact) mass is 306 g/mol. The number of ether oxygens (including phenoxy) is 1. The predicted molar refractivity (Wildman–Crippen MR) is 75.3 cm³/mol. The molecule has 0 aliphatic rings. The van der Waals surface area contributed by atoms with Gasteiger partial charge in [0.05, 0.1) is 11.3 Å². The number of rotatable bonds is 4. The van der Waals surface area contributed by atoms with Crippen molar-refractivity contribution in [3.05, 3.63) is 48.0 Å². The maximum Gasteiger partial charge on any atom is 0.335 e. The van der Waals surface area contributed by atoms with E-state index in [1.165, 1.54) is 6.07 Å². The quantitative estimate of drug-likeness (QED) is 0.837. The molecule has 0 bridgehead atoms. The maximum absolute atomic E-state index is 11.0. The largest absolute Gasteiger partial charge is 0.478 e. The number of benzene rings is 2. The van der Waals surface area contributed by atoms with E-state index in [1.54, 1.807) is 30.3 Å². The fourth-order valence-electron chi connectivity index (χ4n) is 1.62. The van der Waals surface area contributed by atoms with Crippen LogP contribution in [0.5, 0.6) is 11.5 Å². The summed E-state index contributed by atoms with van der Waals surface area (Å²) in [6, 6.07) is 10.8. The van der Waals surface area contributed by atoms with E-state index >= 15 is 0 Å². The van der Waals surface area contributed by atoms with Crippen LogP contribution in [0.1, 0.15) is 10.4 Å². The van der Waals surface area contributed by atoms with Gasteiger partial charge in [0.1, 0.15) is 11.4 Å². The smallest absolute Gasteiger partial charge is 0.335 e. The van der Waals surface area contributed by atoms with Crippen LogP contribution >= 0.6 is 0 Å². The highest BCUT2D eigenvalue weighted by Gasteiger charge is 2.15. The number of nitrogen functional groups attached to an aromatic ring is 1. The van der Waals surface area contributed by atoms with Gasteiger partial charge in [0.15, 0.2) is 5.75 Å². The number of nitrogens with zero attached hydrogens (tertiary/aromatic N) is 1. The van der Waals surface area contributed by atoms with Crippen molar-refractivity contribution in [2.75, 3.05) is 5.73 Å². The lowest BCUT2D eigenvalue weighted by atomic mass is 10.1. The lowest BCUT2D eigenvalue weighted by molar-refractivity contribution is 0.0697. The van der Waals surface area contributed by atoms with Crippen LogP contribution < -0.4 is 10.5 Å². The summed E-state index contributed by atoms with van der Waals surface area (Å²) in [6.07, 6.45) is 0. The van der Waals surface area contributed by atoms with Gasteiger partial charge in [0, 0.05) is 0 Å². The Morgan fingerprint density at radius 3 is 2.43 bits per heavy atom. The summed E-state index contributed by atoms with van der Waals surface area (Å²) < 4.78 is 30.3. The van der Waals surface area contributed by atoms with Gasteiger partial charge in [-0.25, -0.2) is 4.79 Å². The third kappa shape index (κ3) is 3.57. The van der Waals surface area contributed by atoms with Crippen LogP contribution in [-0.2, 0) is 10.5 Å². The number of carboxylic acid groups (broad SMARTS) is 1. The van der Waals surface area contributed by atoms with Gasteiger partial charge in [-0.05, 0) is 24.3 Å². The highest BCUT2D eigenvalue weighted by atomic mass is 32.2. The van der Waals surface area contributed by atoms with Crippen LogP contribution in [0.2, 0.25) is 0 Å². The number of carboxylic acids is 1. The molecule has 0 aromatic heterocycles. The minimum Gasteiger partial charge on any atom is -0.478 e. The van der Waals surface area contributed by atoms with Gasteiger partial charge in [0.2, 0.25) is 0 Å². The molecular weight excluding hydrogens is 296 g/mol. The summed E-state index contributed by atoms with van der Waals surface area (Å²) in [5, 5.41) is 8.96. The van der Waals surface area contributed by atoms with Crippen LogP contribution in [0.3, 0.4) is 0 Å². The summed E-state index contributed by atoms with van der Waals surface area (Å²) in [5.74, 6) is -0.850. The van der Waals surface area contributed by atoms with Crippen LogP contribution in [0, 0.1) is 0 Å². The number of aromatic carboxylic acids is 1. The Morgan fingerprint density at radius 2 is 1.86 bits per heavy atom. The van der Waals surface area contributed by atoms with E-state index < -0.39 is 16.5 Å². The predicted octanol–water partition coefficient (Wildman–Crippen LogP) is 2.45. The molecule has 0 radical (unpaired) electrons. The molecule has 2 rings (SSSR count). The molecule has 7 nitrogen and oxygen atoms in total. The zero-order valence-corrected chi connectivity index (χ0v) is 11.4. The summed E-state index contributed by atoms with van der Waals surface area (Å²) in [5.41, 5.74) is 5.35. The molecule has 0 heterocycles. The fraction of sp³-hybridized carbons (Fsp3) is 0. The van der Waals surface area contributed by atoms with Crippen molar-refractivity contribution in [3.63, 3.8) is 0 Å². The van der Waals surface area contributed by atoms with E-state index in [2.05, 4.69) is 4.36 Å². The third-order valence-electron chi connectivity index (χ3n) is 2.48. The van der Waals surface area contributed by atoms with Crippen LogP contribution in [0.25, 0.3) is 0 Å². The molecule has 0 spiro atoms. The SMILES string of the molecule is Nc1cc(C(=O)O)cc(N=S(=O)=O)c1Oc1ccccc1. The summed E-state index contributed by atoms with van der Waals surface area (Å²) >= 11 is 0. The van der Waals surface area contributed by atoms with Crippen molar-refractivity contribution >= 4 is 27.8 Å². The first kappa shape index (κ1) is 14.5. The Kier molecular flexibility index (Phi) is 4.19. The van der Waals surface area contributed by atoms with Crippen molar-refractivity contribution in [3.8, 4) is 11.5 Å². The van der Waals surface area contributed by atoms with Gasteiger partial charge in [-0.3, -0.25) is 0 Å². The average molecular weight is 306 g/mol. The van der Waals surface area contributed by atoms with Gasteiger partial charge in [-0.1, -0.05) is 18.2 Å². The molecule has 2 aromatic rings. The van der Waals surface area contributed by atoms with Crippen LogP contribution in [-0.4, -0.2) is 19.5 Å².